The average Bonchev–Trinajstić information content (AvgIpc) is 2.32. The molecule has 1 aliphatic rings. The quantitative estimate of drug-likeness (QED) is 0.727. The molecule has 2 heteroatoms. The van der Waals surface area contributed by atoms with Gasteiger partial charge in [-0.1, -0.05) is 35.9 Å². The Kier molecular flexibility index (Phi) is 3.23. The molecule has 0 spiro atoms. The number of Topliss-reactive ketones (excluding diaryl/α,β-unsaturated/α-hetero) is 2. The number of fused-ring (bicyclic) bond motifs is 1. The number of ketones is 2. The fourth-order valence-corrected chi connectivity index (χ4v) is 2.16. The van der Waals surface area contributed by atoms with Gasteiger partial charge >= 0.3 is 0 Å². The number of hydrogen-bond donors (Lipinski definition) is 0. The van der Waals surface area contributed by atoms with Gasteiger partial charge in [-0.25, -0.2) is 0 Å². The van der Waals surface area contributed by atoms with Crippen LogP contribution in [0.4, 0.5) is 0 Å². The first-order valence-corrected chi connectivity index (χ1v) is 5.89. The maximum atomic E-state index is 12.2. The van der Waals surface area contributed by atoms with E-state index in [1.807, 2.05) is 26.0 Å². The summed E-state index contributed by atoms with van der Waals surface area (Å²) in [5.74, 6) is 0.0253. The molecule has 0 saturated heterocycles. The topological polar surface area (TPSA) is 34.1 Å². The van der Waals surface area contributed by atoms with Crippen molar-refractivity contribution in [3.05, 3.63) is 47.0 Å². The van der Waals surface area contributed by atoms with Crippen molar-refractivity contribution >= 4 is 11.6 Å². The molecule has 88 valence electrons. The lowest BCUT2D eigenvalue weighted by Gasteiger charge is -2.21. The second kappa shape index (κ2) is 4.66. The van der Waals surface area contributed by atoms with Gasteiger partial charge in [0.05, 0.1) is 0 Å². The third-order valence-electron chi connectivity index (χ3n) is 3.11. The highest BCUT2D eigenvalue weighted by molar-refractivity contribution is 6.14. The Labute approximate surface area is 101 Å². The van der Waals surface area contributed by atoms with Crippen LogP contribution < -0.4 is 0 Å². The van der Waals surface area contributed by atoms with E-state index >= 15 is 0 Å². The van der Waals surface area contributed by atoms with Crippen molar-refractivity contribution in [2.75, 3.05) is 0 Å². The summed E-state index contributed by atoms with van der Waals surface area (Å²) in [5, 5.41) is 0. The zero-order valence-corrected chi connectivity index (χ0v) is 10.2. The number of carbonyl (C=O) groups is 2. The summed E-state index contributed by atoms with van der Waals surface area (Å²) in [5.41, 5.74) is 2.37. The van der Waals surface area contributed by atoms with Crippen LogP contribution in [0, 0.1) is 5.92 Å². The van der Waals surface area contributed by atoms with Crippen LogP contribution in [0.3, 0.4) is 0 Å². The predicted octanol–water partition coefficient (Wildman–Crippen LogP) is 3.43. The monoisotopic (exact) mass is 228 g/mol. The number of carbonyl (C=O) groups excluding carboxylic acids is 2. The van der Waals surface area contributed by atoms with Gasteiger partial charge in [0, 0.05) is 23.5 Å². The first-order chi connectivity index (χ1) is 8.09. The first kappa shape index (κ1) is 11.8. The minimum Gasteiger partial charge on any atom is -0.294 e. The van der Waals surface area contributed by atoms with E-state index < -0.39 is 0 Å². The summed E-state index contributed by atoms with van der Waals surface area (Å²) in [6, 6.07) is 7.12. The molecule has 2 rings (SSSR count). The van der Waals surface area contributed by atoms with E-state index in [1.165, 1.54) is 5.57 Å². The lowest BCUT2D eigenvalue weighted by molar-refractivity contribution is 0.0824. The molecule has 0 aromatic heterocycles. The van der Waals surface area contributed by atoms with Crippen LogP contribution in [-0.4, -0.2) is 11.6 Å². The molecule has 1 aliphatic carbocycles. The van der Waals surface area contributed by atoms with Crippen molar-refractivity contribution in [2.45, 2.75) is 26.7 Å². The van der Waals surface area contributed by atoms with Crippen molar-refractivity contribution in [3.8, 4) is 0 Å². The molecule has 0 bridgehead atoms. The Morgan fingerprint density at radius 3 is 2.53 bits per heavy atom. The van der Waals surface area contributed by atoms with Crippen LogP contribution in [0.5, 0.6) is 0 Å². The van der Waals surface area contributed by atoms with Gasteiger partial charge < -0.3 is 0 Å². The lowest BCUT2D eigenvalue weighted by Crippen LogP contribution is -2.26. The number of hydrogen-bond acceptors (Lipinski definition) is 2. The number of allylic oxidation sites excluding steroid dienone is 2. The normalized spacial score (nSPS) is 18.8. The van der Waals surface area contributed by atoms with E-state index in [0.717, 1.165) is 0 Å². The SMILES string of the molecule is CC(C)=CC[C@H]1CC(=O)c2ccccc2C1=O. The van der Waals surface area contributed by atoms with E-state index in [2.05, 4.69) is 0 Å². The van der Waals surface area contributed by atoms with E-state index in [1.54, 1.807) is 18.2 Å². The fraction of sp³-hybridized carbons (Fsp3) is 0.333. The van der Waals surface area contributed by atoms with E-state index in [0.29, 0.717) is 24.0 Å². The molecule has 0 radical (unpaired) electrons. The van der Waals surface area contributed by atoms with Gasteiger partial charge in [-0.3, -0.25) is 9.59 Å². The molecule has 0 aliphatic heterocycles. The zero-order valence-electron chi connectivity index (χ0n) is 10.2. The van der Waals surface area contributed by atoms with Gasteiger partial charge in [-0.2, -0.15) is 0 Å². The number of benzene rings is 1. The Morgan fingerprint density at radius 2 is 1.88 bits per heavy atom. The third kappa shape index (κ3) is 2.36. The lowest BCUT2D eigenvalue weighted by atomic mass is 9.80. The summed E-state index contributed by atoms with van der Waals surface area (Å²) < 4.78 is 0. The summed E-state index contributed by atoms with van der Waals surface area (Å²) in [7, 11) is 0. The molecule has 0 fully saturated rings. The van der Waals surface area contributed by atoms with Gasteiger partial charge in [0.25, 0.3) is 0 Å². The van der Waals surface area contributed by atoms with Crippen LogP contribution in [0.2, 0.25) is 0 Å². The Hall–Kier alpha value is -1.70. The van der Waals surface area contributed by atoms with Crippen LogP contribution >= 0.6 is 0 Å². The van der Waals surface area contributed by atoms with E-state index in [4.69, 9.17) is 0 Å². The van der Waals surface area contributed by atoms with Gasteiger partial charge in [0.1, 0.15) is 0 Å². The largest absolute Gasteiger partial charge is 0.294 e. The highest BCUT2D eigenvalue weighted by Crippen LogP contribution is 2.27. The Balaban J connectivity index is 2.30. The minimum absolute atomic E-state index is 0.0901. The van der Waals surface area contributed by atoms with Gasteiger partial charge in [0.2, 0.25) is 0 Å². The predicted molar refractivity (Wildman–Crippen MR) is 67.3 cm³/mol. The molecule has 17 heavy (non-hydrogen) atoms. The van der Waals surface area contributed by atoms with Crippen molar-refractivity contribution in [1.82, 2.24) is 0 Å². The maximum absolute atomic E-state index is 12.2. The Morgan fingerprint density at radius 1 is 1.24 bits per heavy atom. The van der Waals surface area contributed by atoms with Gasteiger partial charge in [0.15, 0.2) is 11.6 Å². The molecular weight excluding hydrogens is 212 g/mol. The Bertz CT molecular complexity index is 493. The van der Waals surface area contributed by atoms with Crippen molar-refractivity contribution in [1.29, 1.82) is 0 Å². The second-order valence-corrected chi connectivity index (χ2v) is 4.75. The van der Waals surface area contributed by atoms with Gasteiger partial charge in [-0.15, -0.1) is 0 Å². The molecule has 0 N–H and O–H groups in total. The molecule has 0 amide bonds. The molecule has 0 saturated carbocycles. The van der Waals surface area contributed by atoms with Crippen LogP contribution in [-0.2, 0) is 0 Å². The summed E-state index contributed by atoms with van der Waals surface area (Å²) >= 11 is 0. The molecule has 0 heterocycles. The number of rotatable bonds is 2. The molecule has 1 atom stereocenters. The molecule has 0 unspecified atom stereocenters. The third-order valence-corrected chi connectivity index (χ3v) is 3.11. The molecular formula is C15H16O2. The zero-order chi connectivity index (χ0) is 12.4. The second-order valence-electron chi connectivity index (χ2n) is 4.75. The minimum atomic E-state index is -0.174. The molecule has 1 aromatic carbocycles. The van der Waals surface area contributed by atoms with Crippen molar-refractivity contribution < 1.29 is 9.59 Å². The highest BCUT2D eigenvalue weighted by atomic mass is 16.1. The smallest absolute Gasteiger partial charge is 0.167 e. The standard InChI is InChI=1S/C15H16O2/c1-10(2)7-8-11-9-14(16)12-5-3-4-6-13(12)15(11)17/h3-7,11H,8-9H2,1-2H3/t11-/m0/s1. The van der Waals surface area contributed by atoms with Crippen molar-refractivity contribution in [2.24, 2.45) is 5.92 Å². The van der Waals surface area contributed by atoms with Crippen molar-refractivity contribution in [3.63, 3.8) is 0 Å². The van der Waals surface area contributed by atoms with Crippen LogP contribution in [0.15, 0.2) is 35.9 Å². The highest BCUT2D eigenvalue weighted by Gasteiger charge is 2.31. The van der Waals surface area contributed by atoms with E-state index in [-0.39, 0.29) is 17.5 Å². The maximum Gasteiger partial charge on any atom is 0.167 e. The average molecular weight is 228 g/mol. The summed E-state index contributed by atoms with van der Waals surface area (Å²) in [4.78, 5) is 24.1. The first-order valence-electron chi connectivity index (χ1n) is 5.89. The molecule has 1 aromatic rings. The molecule has 2 nitrogen and oxygen atoms in total. The summed E-state index contributed by atoms with van der Waals surface area (Å²) in [6.07, 6.45) is 3.05. The summed E-state index contributed by atoms with van der Waals surface area (Å²) in [6.45, 7) is 4.01. The van der Waals surface area contributed by atoms with Gasteiger partial charge in [-0.05, 0) is 20.3 Å². The fourth-order valence-electron chi connectivity index (χ4n) is 2.16. The van der Waals surface area contributed by atoms with E-state index in [9.17, 15) is 9.59 Å². The van der Waals surface area contributed by atoms with Crippen LogP contribution in [0.25, 0.3) is 0 Å². The van der Waals surface area contributed by atoms with Crippen LogP contribution in [0.1, 0.15) is 47.4 Å².